The molecule has 0 radical (unpaired) electrons. The first kappa shape index (κ1) is 17.7. The number of aryl methyl sites for hydroxylation is 1. The summed E-state index contributed by atoms with van der Waals surface area (Å²) in [5.41, 5.74) is 0.984. The molecule has 21 heavy (non-hydrogen) atoms. The summed E-state index contributed by atoms with van der Waals surface area (Å²) < 4.78 is 29.0. The van der Waals surface area contributed by atoms with Gasteiger partial charge in [0.2, 0.25) is 10.0 Å². The first-order valence-corrected chi connectivity index (χ1v) is 10.4. The minimum atomic E-state index is -3.52. The lowest BCUT2D eigenvalue weighted by atomic mass is 9.89. The van der Waals surface area contributed by atoms with E-state index in [-0.39, 0.29) is 10.3 Å². The van der Waals surface area contributed by atoms with Crippen LogP contribution in [0.4, 0.5) is 0 Å². The maximum Gasteiger partial charge on any atom is 0.241 e. The lowest BCUT2D eigenvalue weighted by Crippen LogP contribution is -2.32. The van der Waals surface area contributed by atoms with Gasteiger partial charge in [-0.25, -0.2) is 13.1 Å². The van der Waals surface area contributed by atoms with E-state index in [4.69, 9.17) is 11.6 Å². The maximum atomic E-state index is 12.4. The molecule has 1 fully saturated rings. The van der Waals surface area contributed by atoms with Gasteiger partial charge in [0.05, 0.1) is 4.90 Å². The van der Waals surface area contributed by atoms with Gasteiger partial charge in [-0.05, 0) is 65.7 Å². The first-order chi connectivity index (χ1) is 9.79. The van der Waals surface area contributed by atoms with Gasteiger partial charge in [-0.15, -0.1) is 11.6 Å². The fraction of sp³-hybridized carbons (Fsp3) is 0.571. The Morgan fingerprint density at radius 3 is 2.67 bits per heavy atom. The zero-order valence-corrected chi connectivity index (χ0v) is 16.4. The molecule has 2 rings (SSSR count). The number of hydrogen-bond donors (Lipinski definition) is 1. The Morgan fingerprint density at radius 2 is 2.00 bits per heavy atom. The SMILES string of the molecule is Cc1cc(Br)c(S(=O)(=O)NCC2CCCC(Cl)C2)cc1Br. The Balaban J connectivity index is 2.10. The highest BCUT2D eigenvalue weighted by molar-refractivity contribution is 9.11. The van der Waals surface area contributed by atoms with E-state index in [1.807, 2.05) is 6.92 Å². The summed E-state index contributed by atoms with van der Waals surface area (Å²) in [6, 6.07) is 3.43. The van der Waals surface area contributed by atoms with Crippen molar-refractivity contribution in [1.29, 1.82) is 0 Å². The van der Waals surface area contributed by atoms with Gasteiger partial charge in [0.25, 0.3) is 0 Å². The predicted octanol–water partition coefficient (Wildman–Crippen LogP) is 4.60. The highest BCUT2D eigenvalue weighted by Gasteiger charge is 2.24. The standard InChI is InChI=1S/C14H18Br2ClNO2S/c1-9-5-13(16)14(7-12(9)15)21(19,20)18-8-10-3-2-4-11(17)6-10/h5,7,10-11,18H,2-4,6,8H2,1H3. The summed E-state index contributed by atoms with van der Waals surface area (Å²) in [7, 11) is -3.52. The van der Waals surface area contributed by atoms with Gasteiger partial charge < -0.3 is 0 Å². The van der Waals surface area contributed by atoms with E-state index in [9.17, 15) is 8.42 Å². The fourth-order valence-electron chi connectivity index (χ4n) is 2.55. The molecule has 1 saturated carbocycles. The Kier molecular flexibility index (Phi) is 6.16. The number of benzene rings is 1. The van der Waals surface area contributed by atoms with Crippen LogP contribution in [0.5, 0.6) is 0 Å². The van der Waals surface area contributed by atoms with E-state index in [1.165, 1.54) is 0 Å². The van der Waals surface area contributed by atoms with E-state index < -0.39 is 10.0 Å². The van der Waals surface area contributed by atoms with Gasteiger partial charge in [0, 0.05) is 20.9 Å². The maximum absolute atomic E-state index is 12.4. The van der Waals surface area contributed by atoms with E-state index in [2.05, 4.69) is 36.6 Å². The Morgan fingerprint density at radius 1 is 1.29 bits per heavy atom. The number of nitrogens with one attached hydrogen (secondary N) is 1. The van der Waals surface area contributed by atoms with Crippen LogP contribution in [-0.2, 0) is 10.0 Å². The molecule has 0 aromatic heterocycles. The summed E-state index contributed by atoms with van der Waals surface area (Å²) in [5, 5.41) is 0.175. The monoisotopic (exact) mass is 457 g/mol. The number of rotatable bonds is 4. The van der Waals surface area contributed by atoms with Gasteiger partial charge in [-0.1, -0.05) is 22.4 Å². The third-order valence-electron chi connectivity index (χ3n) is 3.78. The Hall–Kier alpha value is 0.380. The minimum Gasteiger partial charge on any atom is -0.211 e. The molecule has 7 heteroatoms. The third-order valence-corrected chi connectivity index (χ3v) is 7.42. The van der Waals surface area contributed by atoms with Crippen molar-refractivity contribution >= 4 is 53.5 Å². The summed E-state index contributed by atoms with van der Waals surface area (Å²) in [5.74, 6) is 0.323. The second-order valence-electron chi connectivity index (χ2n) is 5.51. The van der Waals surface area contributed by atoms with Crippen LogP contribution in [0.2, 0.25) is 0 Å². The van der Waals surface area contributed by atoms with Crippen molar-refractivity contribution in [1.82, 2.24) is 4.72 Å². The van der Waals surface area contributed by atoms with E-state index in [1.54, 1.807) is 12.1 Å². The van der Waals surface area contributed by atoms with Crippen LogP contribution in [-0.4, -0.2) is 20.3 Å². The van der Waals surface area contributed by atoms with Crippen molar-refractivity contribution in [3.05, 3.63) is 26.6 Å². The molecular weight excluding hydrogens is 441 g/mol. The van der Waals surface area contributed by atoms with Crippen LogP contribution in [0, 0.1) is 12.8 Å². The van der Waals surface area contributed by atoms with Crippen LogP contribution in [0.25, 0.3) is 0 Å². The van der Waals surface area contributed by atoms with Crippen LogP contribution < -0.4 is 4.72 Å². The molecule has 1 aromatic rings. The highest BCUT2D eigenvalue weighted by Crippen LogP contribution is 2.30. The molecule has 118 valence electrons. The molecule has 3 nitrogen and oxygen atoms in total. The average Bonchev–Trinajstić information content (AvgIpc) is 2.41. The Bertz CT molecular complexity index is 622. The van der Waals surface area contributed by atoms with Crippen LogP contribution in [0.1, 0.15) is 31.2 Å². The zero-order chi connectivity index (χ0) is 15.6. The second kappa shape index (κ2) is 7.30. The molecular formula is C14H18Br2ClNO2S. The van der Waals surface area contributed by atoms with Crippen molar-refractivity contribution < 1.29 is 8.42 Å². The predicted molar refractivity (Wildman–Crippen MR) is 93.4 cm³/mol. The van der Waals surface area contributed by atoms with Gasteiger partial charge in [0.15, 0.2) is 0 Å². The van der Waals surface area contributed by atoms with Crippen molar-refractivity contribution in [2.45, 2.75) is 42.9 Å². The molecule has 0 heterocycles. The van der Waals surface area contributed by atoms with Crippen molar-refractivity contribution in [3.63, 3.8) is 0 Å². The molecule has 2 unspecified atom stereocenters. The Labute approximate surface area is 148 Å². The first-order valence-electron chi connectivity index (χ1n) is 6.89. The highest BCUT2D eigenvalue weighted by atomic mass is 79.9. The summed E-state index contributed by atoms with van der Waals surface area (Å²) in [6.07, 6.45) is 4.01. The number of sulfonamides is 1. The number of hydrogen-bond acceptors (Lipinski definition) is 2. The third kappa shape index (κ3) is 4.67. The molecule has 0 aliphatic heterocycles. The topological polar surface area (TPSA) is 46.2 Å². The van der Waals surface area contributed by atoms with Gasteiger partial charge in [-0.3, -0.25) is 0 Å². The molecule has 1 aliphatic rings. The smallest absolute Gasteiger partial charge is 0.211 e. The van der Waals surface area contributed by atoms with Gasteiger partial charge >= 0.3 is 0 Å². The minimum absolute atomic E-state index is 0.175. The lowest BCUT2D eigenvalue weighted by molar-refractivity contribution is 0.361. The van der Waals surface area contributed by atoms with Crippen molar-refractivity contribution in [2.75, 3.05) is 6.54 Å². The van der Waals surface area contributed by atoms with E-state index >= 15 is 0 Å². The second-order valence-corrected chi connectivity index (χ2v) is 9.57. The van der Waals surface area contributed by atoms with Gasteiger partial charge in [0.1, 0.15) is 0 Å². The van der Waals surface area contributed by atoms with Crippen molar-refractivity contribution in [3.8, 4) is 0 Å². The molecule has 0 saturated heterocycles. The summed E-state index contributed by atoms with van der Waals surface area (Å²) in [4.78, 5) is 0.262. The molecule has 0 spiro atoms. The zero-order valence-electron chi connectivity index (χ0n) is 11.7. The molecule has 1 aromatic carbocycles. The summed E-state index contributed by atoms with van der Waals surface area (Å²) >= 11 is 12.9. The molecule has 0 bridgehead atoms. The van der Waals surface area contributed by atoms with Gasteiger partial charge in [-0.2, -0.15) is 0 Å². The number of halogens is 3. The molecule has 2 atom stereocenters. The normalized spacial score (nSPS) is 23.2. The van der Waals surface area contributed by atoms with Crippen LogP contribution >= 0.6 is 43.5 Å². The van der Waals surface area contributed by atoms with Crippen LogP contribution in [0.3, 0.4) is 0 Å². The average molecular weight is 460 g/mol. The van der Waals surface area contributed by atoms with Crippen LogP contribution in [0.15, 0.2) is 26.0 Å². The molecule has 0 amide bonds. The molecule has 1 N–H and O–H groups in total. The molecule has 1 aliphatic carbocycles. The summed E-state index contributed by atoms with van der Waals surface area (Å²) in [6.45, 7) is 2.37. The van der Waals surface area contributed by atoms with Crippen molar-refractivity contribution in [2.24, 2.45) is 5.92 Å². The number of alkyl halides is 1. The fourth-order valence-corrected chi connectivity index (χ4v) is 5.75. The van der Waals surface area contributed by atoms with E-state index in [0.29, 0.717) is 16.9 Å². The quantitative estimate of drug-likeness (QED) is 0.669. The van der Waals surface area contributed by atoms with E-state index in [0.717, 1.165) is 35.7 Å². The lowest BCUT2D eigenvalue weighted by Gasteiger charge is -2.25. The largest absolute Gasteiger partial charge is 0.241 e.